The van der Waals surface area contributed by atoms with Crippen LogP contribution in [-0.4, -0.2) is 38.4 Å². The van der Waals surface area contributed by atoms with Crippen LogP contribution >= 0.6 is 0 Å². The fraction of sp³-hybridized carbons (Fsp3) is 0.312. The number of halogens is 9. The molecule has 168 valence electrons. The predicted molar refractivity (Wildman–Crippen MR) is 85.2 cm³/mol. The molecule has 0 aliphatic heterocycles. The first kappa shape index (κ1) is 22.4. The Morgan fingerprint density at radius 2 is 1.74 bits per heavy atom. The number of fused-ring (bicyclic) bond motifs is 1. The molecule has 31 heavy (non-hydrogen) atoms. The van der Waals surface area contributed by atoms with Crippen molar-refractivity contribution in [3.8, 4) is 16.9 Å². The first-order valence-corrected chi connectivity index (χ1v) is 8.01. The van der Waals surface area contributed by atoms with E-state index in [0.29, 0.717) is 16.8 Å². The molecular weight excluding hydrogens is 451 g/mol. The molecule has 3 heterocycles. The maximum Gasteiger partial charge on any atom is 0.455 e. The quantitative estimate of drug-likeness (QED) is 0.554. The van der Waals surface area contributed by atoms with Gasteiger partial charge in [0.15, 0.2) is 17.1 Å². The van der Waals surface area contributed by atoms with Crippen molar-refractivity contribution in [3.63, 3.8) is 0 Å². The second kappa shape index (κ2) is 7.16. The van der Waals surface area contributed by atoms with Crippen molar-refractivity contribution in [2.24, 2.45) is 0 Å². The molecule has 0 saturated carbocycles. The van der Waals surface area contributed by atoms with Crippen LogP contribution in [0.4, 0.5) is 39.5 Å². The highest BCUT2D eigenvalue weighted by molar-refractivity contribution is 5.66. The number of hydrogen-bond donors (Lipinski definition) is 0. The van der Waals surface area contributed by atoms with Crippen LogP contribution in [0.2, 0.25) is 0 Å². The van der Waals surface area contributed by atoms with Gasteiger partial charge in [-0.25, -0.2) is 4.98 Å². The fourth-order valence-corrected chi connectivity index (χ4v) is 2.65. The third kappa shape index (κ3) is 3.90. The fourth-order valence-electron chi connectivity index (χ4n) is 2.65. The Labute approximate surface area is 165 Å². The first-order valence-electron chi connectivity index (χ1n) is 8.01. The standard InChI is InChI=1S/C16H9F9N4O2/c1-31-8-2-3-29-12(10(8)17)27-11(15(20,21)22)9(13(29)30)7-4-26-28(5-7)6-14(18,19)16(23,24)25/h2-5H,6H2,1H3. The van der Waals surface area contributed by atoms with Gasteiger partial charge in [-0.2, -0.15) is 44.6 Å². The number of ether oxygens (including phenoxy) is 1. The molecule has 0 aromatic carbocycles. The van der Waals surface area contributed by atoms with Crippen LogP contribution in [0.15, 0.2) is 29.5 Å². The normalized spacial score (nSPS) is 13.1. The Morgan fingerprint density at radius 1 is 1.10 bits per heavy atom. The summed E-state index contributed by atoms with van der Waals surface area (Å²) >= 11 is 0. The molecule has 0 spiro atoms. The average molecular weight is 460 g/mol. The van der Waals surface area contributed by atoms with E-state index in [9.17, 15) is 44.3 Å². The summed E-state index contributed by atoms with van der Waals surface area (Å²) in [6.45, 7) is -2.04. The monoisotopic (exact) mass is 460 g/mol. The lowest BCUT2D eigenvalue weighted by atomic mass is 10.1. The van der Waals surface area contributed by atoms with Crippen LogP contribution in [0.5, 0.6) is 5.75 Å². The Bertz CT molecular complexity index is 1190. The van der Waals surface area contributed by atoms with Crippen LogP contribution in [-0.2, 0) is 12.7 Å². The minimum Gasteiger partial charge on any atom is -0.493 e. The summed E-state index contributed by atoms with van der Waals surface area (Å²) in [5, 5.41) is 3.18. The molecule has 3 aromatic rings. The van der Waals surface area contributed by atoms with Crippen molar-refractivity contribution >= 4 is 5.65 Å². The minimum atomic E-state index is -5.93. The van der Waals surface area contributed by atoms with Gasteiger partial charge in [0, 0.05) is 24.0 Å². The SMILES string of the molecule is COc1ccn2c(=O)c(-c3cnn(CC(F)(F)C(F)(F)F)c3)c(C(F)(F)F)nc2c1F. The van der Waals surface area contributed by atoms with Gasteiger partial charge < -0.3 is 4.74 Å². The highest BCUT2D eigenvalue weighted by Gasteiger charge is 2.57. The van der Waals surface area contributed by atoms with Gasteiger partial charge in [-0.1, -0.05) is 0 Å². The maximum absolute atomic E-state index is 14.3. The van der Waals surface area contributed by atoms with Crippen molar-refractivity contribution in [2.75, 3.05) is 7.11 Å². The predicted octanol–water partition coefficient (Wildman–Crippen LogP) is 3.92. The van der Waals surface area contributed by atoms with Crippen molar-refractivity contribution in [2.45, 2.75) is 24.8 Å². The van der Waals surface area contributed by atoms with E-state index in [1.54, 1.807) is 0 Å². The Kier molecular flexibility index (Phi) is 5.18. The average Bonchev–Trinajstić information content (AvgIpc) is 3.07. The van der Waals surface area contributed by atoms with Crippen LogP contribution in [0.25, 0.3) is 16.8 Å². The zero-order valence-electron chi connectivity index (χ0n) is 15.0. The summed E-state index contributed by atoms with van der Waals surface area (Å²) in [4.78, 5) is 15.8. The van der Waals surface area contributed by atoms with Gasteiger partial charge in [0.1, 0.15) is 6.54 Å². The lowest BCUT2D eigenvalue weighted by Crippen LogP contribution is -2.40. The second-order valence-electron chi connectivity index (χ2n) is 6.16. The first-order chi connectivity index (χ1) is 14.2. The molecule has 0 atom stereocenters. The number of aromatic nitrogens is 4. The van der Waals surface area contributed by atoms with E-state index in [4.69, 9.17) is 0 Å². The molecule has 15 heteroatoms. The maximum atomic E-state index is 14.3. The van der Waals surface area contributed by atoms with Gasteiger partial charge in [-0.15, -0.1) is 0 Å². The van der Waals surface area contributed by atoms with Crippen molar-refractivity contribution < 1.29 is 44.3 Å². The van der Waals surface area contributed by atoms with Gasteiger partial charge in [0.2, 0.25) is 5.82 Å². The number of methoxy groups -OCH3 is 1. The van der Waals surface area contributed by atoms with E-state index in [0.717, 1.165) is 19.4 Å². The topological polar surface area (TPSA) is 61.4 Å². The van der Waals surface area contributed by atoms with E-state index in [2.05, 4.69) is 14.8 Å². The summed E-state index contributed by atoms with van der Waals surface area (Å²) in [6.07, 6.45) is -9.49. The second-order valence-corrected chi connectivity index (χ2v) is 6.16. The van der Waals surface area contributed by atoms with Gasteiger partial charge in [0.05, 0.1) is 18.9 Å². The van der Waals surface area contributed by atoms with Crippen LogP contribution in [0.3, 0.4) is 0 Å². The van der Waals surface area contributed by atoms with Gasteiger partial charge in [-0.3, -0.25) is 13.9 Å². The van der Waals surface area contributed by atoms with Crippen LogP contribution in [0.1, 0.15) is 5.69 Å². The molecule has 0 radical (unpaired) electrons. The Hall–Kier alpha value is -3.26. The summed E-state index contributed by atoms with van der Waals surface area (Å²) in [5.74, 6) is -7.12. The molecule has 6 nitrogen and oxygen atoms in total. The molecule has 0 saturated heterocycles. The Balaban J connectivity index is 2.22. The molecule has 0 amide bonds. The van der Waals surface area contributed by atoms with Crippen LogP contribution < -0.4 is 10.3 Å². The molecule has 0 bridgehead atoms. The molecule has 0 aliphatic rings. The smallest absolute Gasteiger partial charge is 0.455 e. The lowest BCUT2D eigenvalue weighted by Gasteiger charge is -2.19. The largest absolute Gasteiger partial charge is 0.493 e. The molecule has 3 aromatic heterocycles. The van der Waals surface area contributed by atoms with E-state index < -0.39 is 64.4 Å². The third-order valence-electron chi connectivity index (χ3n) is 4.09. The molecule has 0 fully saturated rings. The van der Waals surface area contributed by atoms with E-state index >= 15 is 0 Å². The van der Waals surface area contributed by atoms with Crippen molar-refractivity contribution in [1.29, 1.82) is 0 Å². The molecule has 3 rings (SSSR count). The number of alkyl halides is 8. The summed E-state index contributed by atoms with van der Waals surface area (Å²) < 4.78 is 123. The summed E-state index contributed by atoms with van der Waals surface area (Å²) in [7, 11) is 1.02. The highest BCUT2D eigenvalue weighted by Crippen LogP contribution is 2.38. The number of nitrogens with zero attached hydrogens (tertiary/aromatic N) is 4. The Morgan fingerprint density at radius 3 is 2.29 bits per heavy atom. The molecular formula is C16H9F9N4O2. The zero-order chi connectivity index (χ0) is 23.4. The van der Waals surface area contributed by atoms with E-state index in [1.165, 1.54) is 0 Å². The summed E-state index contributed by atoms with van der Waals surface area (Å²) in [6, 6.07) is 0.926. The minimum absolute atomic E-state index is 0.0336. The highest BCUT2D eigenvalue weighted by atomic mass is 19.4. The third-order valence-corrected chi connectivity index (χ3v) is 4.09. The van der Waals surface area contributed by atoms with Crippen molar-refractivity contribution in [3.05, 3.63) is 46.5 Å². The van der Waals surface area contributed by atoms with Gasteiger partial charge in [0.25, 0.3) is 5.56 Å². The number of hydrogen-bond acceptors (Lipinski definition) is 4. The number of rotatable bonds is 4. The zero-order valence-corrected chi connectivity index (χ0v) is 15.0. The molecule has 0 N–H and O–H groups in total. The van der Waals surface area contributed by atoms with Gasteiger partial charge in [-0.05, 0) is 0 Å². The lowest BCUT2D eigenvalue weighted by molar-refractivity contribution is -0.287. The van der Waals surface area contributed by atoms with E-state index in [-0.39, 0.29) is 4.68 Å². The molecule has 0 unspecified atom stereocenters. The van der Waals surface area contributed by atoms with E-state index in [1.807, 2.05) is 0 Å². The molecule has 0 aliphatic carbocycles. The van der Waals surface area contributed by atoms with Crippen molar-refractivity contribution in [1.82, 2.24) is 19.2 Å². The number of pyridine rings is 1. The van der Waals surface area contributed by atoms with Crippen LogP contribution in [0, 0.1) is 5.82 Å². The summed E-state index contributed by atoms with van der Waals surface area (Å²) in [5.41, 5.74) is -6.33. The van der Waals surface area contributed by atoms with Gasteiger partial charge >= 0.3 is 18.3 Å².